The lowest BCUT2D eigenvalue weighted by Crippen LogP contribution is -2.14. The largest absolute Gasteiger partial charge is 0.392 e. The number of rotatable bonds is 3. The van der Waals surface area contributed by atoms with Crippen LogP contribution in [0.3, 0.4) is 0 Å². The van der Waals surface area contributed by atoms with Crippen LogP contribution in [-0.2, 0) is 4.79 Å². The molecule has 0 unspecified atom stereocenters. The normalized spacial score (nSPS) is 10.8. The summed E-state index contributed by atoms with van der Waals surface area (Å²) in [6.07, 6.45) is 1.10. The van der Waals surface area contributed by atoms with E-state index >= 15 is 0 Å². The molecule has 1 aromatic rings. The van der Waals surface area contributed by atoms with Gasteiger partial charge >= 0.3 is 0 Å². The average Bonchev–Trinajstić information content (AvgIpc) is 2.30. The Morgan fingerprint density at radius 2 is 2.24 bits per heavy atom. The SMILES string of the molecule is N#CC(=CCO)C(=O)Nc1cc(Cl)ccc1Cl. The summed E-state index contributed by atoms with van der Waals surface area (Å²) in [6.45, 7) is -0.389. The number of carbonyl (C=O) groups excluding carboxylic acids is 1. The van der Waals surface area contributed by atoms with Crippen molar-refractivity contribution in [1.29, 1.82) is 5.26 Å². The number of benzene rings is 1. The van der Waals surface area contributed by atoms with Gasteiger partial charge in [0.1, 0.15) is 11.6 Å². The minimum Gasteiger partial charge on any atom is -0.392 e. The number of nitrogens with zero attached hydrogens (tertiary/aromatic N) is 1. The molecule has 0 fully saturated rings. The summed E-state index contributed by atoms with van der Waals surface area (Å²) < 4.78 is 0. The Labute approximate surface area is 108 Å². The second-order valence-electron chi connectivity index (χ2n) is 2.99. The molecule has 88 valence electrons. The van der Waals surface area contributed by atoms with Crippen LogP contribution in [0.2, 0.25) is 10.0 Å². The molecule has 0 aliphatic carbocycles. The maximum absolute atomic E-state index is 11.6. The van der Waals surface area contributed by atoms with E-state index in [0.29, 0.717) is 15.7 Å². The van der Waals surface area contributed by atoms with Gasteiger partial charge in [0.25, 0.3) is 5.91 Å². The second kappa shape index (κ2) is 6.26. The first-order valence-corrected chi connectivity index (χ1v) is 5.31. The van der Waals surface area contributed by atoms with E-state index in [4.69, 9.17) is 33.6 Å². The molecule has 0 spiro atoms. The van der Waals surface area contributed by atoms with Gasteiger partial charge < -0.3 is 10.4 Å². The predicted molar refractivity (Wildman–Crippen MR) is 65.9 cm³/mol. The molecular formula is C11H8Cl2N2O2. The van der Waals surface area contributed by atoms with Gasteiger partial charge in [-0.1, -0.05) is 23.2 Å². The lowest BCUT2D eigenvalue weighted by Gasteiger charge is -2.06. The molecule has 2 N–H and O–H groups in total. The number of nitriles is 1. The molecule has 0 radical (unpaired) electrons. The van der Waals surface area contributed by atoms with E-state index in [9.17, 15) is 4.79 Å². The Kier molecular flexibility index (Phi) is 4.98. The Morgan fingerprint density at radius 1 is 1.53 bits per heavy atom. The molecule has 17 heavy (non-hydrogen) atoms. The van der Waals surface area contributed by atoms with E-state index in [1.54, 1.807) is 12.1 Å². The summed E-state index contributed by atoms with van der Waals surface area (Å²) in [6, 6.07) is 6.24. The lowest BCUT2D eigenvalue weighted by molar-refractivity contribution is -0.112. The smallest absolute Gasteiger partial charge is 0.266 e. The number of hydrogen-bond acceptors (Lipinski definition) is 3. The van der Waals surface area contributed by atoms with Crippen LogP contribution in [0.15, 0.2) is 29.8 Å². The van der Waals surface area contributed by atoms with Crippen molar-refractivity contribution in [2.45, 2.75) is 0 Å². The van der Waals surface area contributed by atoms with Crippen LogP contribution in [0, 0.1) is 11.3 Å². The van der Waals surface area contributed by atoms with E-state index in [-0.39, 0.29) is 12.2 Å². The first-order valence-electron chi connectivity index (χ1n) is 4.56. The van der Waals surface area contributed by atoms with Gasteiger partial charge in [0.15, 0.2) is 0 Å². The van der Waals surface area contributed by atoms with Crippen LogP contribution in [0.1, 0.15) is 0 Å². The number of aliphatic hydroxyl groups excluding tert-OH is 1. The van der Waals surface area contributed by atoms with Crippen molar-refractivity contribution in [3.05, 3.63) is 39.9 Å². The van der Waals surface area contributed by atoms with Gasteiger partial charge in [-0.3, -0.25) is 4.79 Å². The van der Waals surface area contributed by atoms with Gasteiger partial charge in [-0.25, -0.2) is 0 Å². The van der Waals surface area contributed by atoms with E-state index in [2.05, 4.69) is 5.32 Å². The first-order chi connectivity index (χ1) is 8.08. The van der Waals surface area contributed by atoms with Gasteiger partial charge in [-0.2, -0.15) is 5.26 Å². The van der Waals surface area contributed by atoms with Crippen LogP contribution < -0.4 is 5.32 Å². The molecule has 0 aliphatic rings. The van der Waals surface area contributed by atoms with Crippen LogP contribution in [0.5, 0.6) is 0 Å². The van der Waals surface area contributed by atoms with Crippen molar-refractivity contribution < 1.29 is 9.90 Å². The zero-order chi connectivity index (χ0) is 12.8. The van der Waals surface area contributed by atoms with Crippen LogP contribution in [0.25, 0.3) is 0 Å². The number of amides is 1. The molecule has 4 nitrogen and oxygen atoms in total. The molecule has 0 saturated heterocycles. The highest BCUT2D eigenvalue weighted by atomic mass is 35.5. The van der Waals surface area contributed by atoms with Crippen molar-refractivity contribution in [3.8, 4) is 6.07 Å². The minimum absolute atomic E-state index is 0.191. The third-order valence-electron chi connectivity index (χ3n) is 1.84. The Balaban J connectivity index is 2.92. The van der Waals surface area contributed by atoms with Gasteiger partial charge in [0.05, 0.1) is 17.3 Å². The summed E-state index contributed by atoms with van der Waals surface area (Å²) in [7, 11) is 0. The maximum Gasteiger partial charge on any atom is 0.266 e. The van der Waals surface area contributed by atoms with Crippen molar-refractivity contribution in [3.63, 3.8) is 0 Å². The van der Waals surface area contributed by atoms with Gasteiger partial charge in [0, 0.05) is 5.02 Å². The Hall–Kier alpha value is -1.54. The minimum atomic E-state index is -0.647. The van der Waals surface area contributed by atoms with Crippen LogP contribution in [-0.4, -0.2) is 17.6 Å². The fourth-order valence-corrected chi connectivity index (χ4v) is 1.40. The summed E-state index contributed by atoms with van der Waals surface area (Å²) in [5, 5.41) is 20.5. The quantitative estimate of drug-likeness (QED) is 0.654. The molecule has 1 aromatic carbocycles. The highest BCUT2D eigenvalue weighted by molar-refractivity contribution is 6.35. The molecule has 0 aromatic heterocycles. The fraction of sp³-hybridized carbons (Fsp3) is 0.0909. The lowest BCUT2D eigenvalue weighted by atomic mass is 10.2. The maximum atomic E-state index is 11.6. The van der Waals surface area contributed by atoms with Crippen LogP contribution in [0.4, 0.5) is 5.69 Å². The summed E-state index contributed by atoms with van der Waals surface area (Å²) in [5.74, 6) is -0.647. The molecule has 0 saturated carbocycles. The fourth-order valence-electron chi connectivity index (χ4n) is 1.06. The zero-order valence-electron chi connectivity index (χ0n) is 8.58. The average molecular weight is 271 g/mol. The monoisotopic (exact) mass is 270 g/mol. The number of nitrogens with one attached hydrogen (secondary N) is 1. The van der Waals surface area contributed by atoms with Crippen molar-refractivity contribution in [1.82, 2.24) is 0 Å². The van der Waals surface area contributed by atoms with E-state index in [1.165, 1.54) is 12.1 Å². The van der Waals surface area contributed by atoms with E-state index < -0.39 is 5.91 Å². The van der Waals surface area contributed by atoms with Gasteiger partial charge in [0.2, 0.25) is 0 Å². The molecule has 1 amide bonds. The molecular weight excluding hydrogens is 263 g/mol. The number of hydrogen-bond donors (Lipinski definition) is 2. The van der Waals surface area contributed by atoms with E-state index in [1.807, 2.05) is 0 Å². The number of aliphatic hydroxyl groups is 1. The first kappa shape index (κ1) is 13.5. The molecule has 6 heteroatoms. The van der Waals surface area contributed by atoms with Crippen molar-refractivity contribution in [2.24, 2.45) is 0 Å². The standard InChI is InChI=1S/C11H8Cl2N2O2/c12-8-1-2-9(13)10(5-8)15-11(17)7(6-14)3-4-16/h1-3,5,16H,4H2,(H,15,17). The van der Waals surface area contributed by atoms with Crippen LogP contribution >= 0.6 is 23.2 Å². The van der Waals surface area contributed by atoms with E-state index in [0.717, 1.165) is 6.08 Å². The molecule has 0 heterocycles. The second-order valence-corrected chi connectivity index (χ2v) is 3.83. The summed E-state index contributed by atoms with van der Waals surface area (Å²) in [5.41, 5.74) is 0.117. The van der Waals surface area contributed by atoms with Gasteiger partial charge in [-0.15, -0.1) is 0 Å². The van der Waals surface area contributed by atoms with Gasteiger partial charge in [-0.05, 0) is 24.3 Å². The van der Waals surface area contributed by atoms with Crippen molar-refractivity contribution in [2.75, 3.05) is 11.9 Å². The zero-order valence-corrected chi connectivity index (χ0v) is 10.1. The summed E-state index contributed by atoms with van der Waals surface area (Å²) in [4.78, 5) is 11.6. The molecule has 1 rings (SSSR count). The highest BCUT2D eigenvalue weighted by Crippen LogP contribution is 2.25. The molecule has 0 aliphatic heterocycles. The number of carbonyl (C=O) groups is 1. The predicted octanol–water partition coefficient (Wildman–Crippen LogP) is 2.37. The molecule has 0 atom stereocenters. The Bertz CT molecular complexity index is 507. The third kappa shape index (κ3) is 3.75. The Morgan fingerprint density at radius 3 is 2.82 bits per heavy atom. The third-order valence-corrected chi connectivity index (χ3v) is 2.40. The van der Waals surface area contributed by atoms with Crippen molar-refractivity contribution >= 4 is 34.8 Å². The number of halogens is 2. The highest BCUT2D eigenvalue weighted by Gasteiger charge is 2.10. The topological polar surface area (TPSA) is 73.1 Å². The number of anilines is 1. The molecule has 0 bridgehead atoms. The summed E-state index contributed by atoms with van der Waals surface area (Å²) >= 11 is 11.6.